The van der Waals surface area contributed by atoms with E-state index in [1.165, 1.54) is 0 Å². The molecule has 90 valence electrons. The Morgan fingerprint density at radius 2 is 2.11 bits per heavy atom. The van der Waals surface area contributed by atoms with Gasteiger partial charge in [-0.3, -0.25) is 4.68 Å². The van der Waals surface area contributed by atoms with Crippen LogP contribution in [0.3, 0.4) is 0 Å². The fourth-order valence-corrected chi connectivity index (χ4v) is 2.32. The van der Waals surface area contributed by atoms with Crippen LogP contribution in [0, 0.1) is 6.92 Å². The first kappa shape index (κ1) is 11.2. The highest BCUT2D eigenvalue weighted by Crippen LogP contribution is 2.28. The molecule has 0 aliphatic rings. The van der Waals surface area contributed by atoms with Gasteiger partial charge in [0.05, 0.1) is 17.4 Å². The fourth-order valence-electron chi connectivity index (χ4n) is 2.10. The van der Waals surface area contributed by atoms with E-state index >= 15 is 0 Å². The minimum absolute atomic E-state index is 0.737. The third kappa shape index (κ3) is 1.77. The van der Waals surface area contributed by atoms with E-state index < -0.39 is 0 Å². The molecule has 3 aromatic rings. The molecule has 4 heteroatoms. The normalized spacial score (nSPS) is 11.1. The van der Waals surface area contributed by atoms with Crippen LogP contribution in [0.25, 0.3) is 22.2 Å². The molecule has 0 fully saturated rings. The number of hydrogen-bond donors (Lipinski definition) is 0. The summed E-state index contributed by atoms with van der Waals surface area (Å²) < 4.78 is 1.78. The Bertz CT molecular complexity index is 731. The molecule has 1 aromatic carbocycles. The zero-order chi connectivity index (χ0) is 12.7. The first-order valence-electron chi connectivity index (χ1n) is 5.70. The van der Waals surface area contributed by atoms with E-state index in [4.69, 9.17) is 11.6 Å². The Morgan fingerprint density at radius 3 is 2.83 bits per heavy atom. The standard InChI is InChI=1S/C14H12ClN3/c1-9-6-11-12(15)4-3-5-13(11)17-14(9)10-7-16-18(2)8-10/h3-8H,1-2H3. The first-order chi connectivity index (χ1) is 8.65. The maximum absolute atomic E-state index is 6.18. The van der Waals surface area contributed by atoms with Crippen LogP contribution >= 0.6 is 11.6 Å². The van der Waals surface area contributed by atoms with Crippen molar-refractivity contribution in [3.63, 3.8) is 0 Å². The molecule has 3 rings (SSSR count). The highest BCUT2D eigenvalue weighted by atomic mass is 35.5. The molecule has 0 saturated heterocycles. The summed E-state index contributed by atoms with van der Waals surface area (Å²) in [6, 6.07) is 7.85. The van der Waals surface area contributed by atoms with Crippen molar-refractivity contribution in [2.45, 2.75) is 6.92 Å². The summed E-state index contributed by atoms with van der Waals surface area (Å²) in [5, 5.41) is 5.91. The van der Waals surface area contributed by atoms with E-state index in [9.17, 15) is 0 Å². The second-order valence-electron chi connectivity index (χ2n) is 4.36. The third-order valence-corrected chi connectivity index (χ3v) is 3.30. The zero-order valence-corrected chi connectivity index (χ0v) is 10.9. The van der Waals surface area contributed by atoms with E-state index in [1.54, 1.807) is 4.68 Å². The highest BCUT2D eigenvalue weighted by Gasteiger charge is 2.09. The second-order valence-corrected chi connectivity index (χ2v) is 4.77. The summed E-state index contributed by atoms with van der Waals surface area (Å²) in [7, 11) is 1.90. The molecule has 0 radical (unpaired) electrons. The summed E-state index contributed by atoms with van der Waals surface area (Å²) in [5.74, 6) is 0. The Hall–Kier alpha value is -1.87. The van der Waals surface area contributed by atoms with Crippen LogP contribution in [0.1, 0.15) is 5.56 Å². The lowest BCUT2D eigenvalue weighted by atomic mass is 10.1. The number of hydrogen-bond acceptors (Lipinski definition) is 2. The molecule has 0 aliphatic heterocycles. The molecule has 18 heavy (non-hydrogen) atoms. The molecule has 2 heterocycles. The van der Waals surface area contributed by atoms with Crippen molar-refractivity contribution < 1.29 is 0 Å². The van der Waals surface area contributed by atoms with Gasteiger partial charge in [-0.05, 0) is 30.7 Å². The molecule has 0 N–H and O–H groups in total. The van der Waals surface area contributed by atoms with E-state index in [0.29, 0.717) is 0 Å². The predicted octanol–water partition coefficient (Wildman–Crippen LogP) is 3.60. The maximum Gasteiger partial charge on any atom is 0.0770 e. The molecular formula is C14H12ClN3. The molecule has 0 aliphatic carbocycles. The largest absolute Gasteiger partial charge is 0.275 e. The number of fused-ring (bicyclic) bond motifs is 1. The lowest BCUT2D eigenvalue weighted by Gasteiger charge is -2.06. The van der Waals surface area contributed by atoms with Gasteiger partial charge in [0.15, 0.2) is 0 Å². The average Bonchev–Trinajstić information content (AvgIpc) is 2.76. The van der Waals surface area contributed by atoms with Crippen LogP contribution in [0.2, 0.25) is 5.02 Å². The molecule has 2 aromatic heterocycles. The van der Waals surface area contributed by atoms with Crippen LogP contribution in [-0.4, -0.2) is 14.8 Å². The molecular weight excluding hydrogens is 246 g/mol. The van der Waals surface area contributed by atoms with Gasteiger partial charge in [-0.25, -0.2) is 4.98 Å². The van der Waals surface area contributed by atoms with Gasteiger partial charge in [-0.2, -0.15) is 5.10 Å². The van der Waals surface area contributed by atoms with Crippen molar-refractivity contribution >= 4 is 22.5 Å². The first-order valence-corrected chi connectivity index (χ1v) is 6.08. The van der Waals surface area contributed by atoms with Gasteiger partial charge in [0.2, 0.25) is 0 Å². The third-order valence-electron chi connectivity index (χ3n) is 2.97. The summed E-state index contributed by atoms with van der Waals surface area (Å²) in [5.41, 5.74) is 3.99. The SMILES string of the molecule is Cc1cc2c(Cl)cccc2nc1-c1cnn(C)c1. The van der Waals surface area contributed by atoms with Gasteiger partial charge in [0.25, 0.3) is 0 Å². The number of rotatable bonds is 1. The Kier molecular flexibility index (Phi) is 2.56. The molecule has 0 unspecified atom stereocenters. The topological polar surface area (TPSA) is 30.7 Å². The van der Waals surface area contributed by atoms with E-state index in [0.717, 1.165) is 32.7 Å². The van der Waals surface area contributed by atoms with E-state index in [1.807, 2.05) is 44.6 Å². The number of halogens is 1. The fraction of sp³-hybridized carbons (Fsp3) is 0.143. The molecule has 0 amide bonds. The molecule has 0 spiro atoms. The minimum Gasteiger partial charge on any atom is -0.275 e. The highest BCUT2D eigenvalue weighted by molar-refractivity contribution is 6.35. The van der Waals surface area contributed by atoms with Crippen molar-refractivity contribution in [2.24, 2.45) is 7.05 Å². The van der Waals surface area contributed by atoms with Crippen LogP contribution in [0.4, 0.5) is 0 Å². The van der Waals surface area contributed by atoms with Crippen molar-refractivity contribution in [3.8, 4) is 11.3 Å². The Balaban J connectivity index is 2.28. The minimum atomic E-state index is 0.737. The molecule has 3 nitrogen and oxygen atoms in total. The second kappa shape index (κ2) is 4.10. The average molecular weight is 258 g/mol. The van der Waals surface area contributed by atoms with Gasteiger partial charge in [0, 0.05) is 29.2 Å². The maximum atomic E-state index is 6.18. The van der Waals surface area contributed by atoms with Crippen LogP contribution in [0.5, 0.6) is 0 Å². The lowest BCUT2D eigenvalue weighted by Crippen LogP contribution is -1.90. The van der Waals surface area contributed by atoms with Crippen molar-refractivity contribution in [1.29, 1.82) is 0 Å². The molecule has 0 bridgehead atoms. The summed E-state index contributed by atoms with van der Waals surface area (Å²) in [6.45, 7) is 2.04. The summed E-state index contributed by atoms with van der Waals surface area (Å²) in [6.07, 6.45) is 3.79. The van der Waals surface area contributed by atoms with Gasteiger partial charge in [-0.1, -0.05) is 17.7 Å². The van der Waals surface area contributed by atoms with E-state index in [2.05, 4.69) is 16.1 Å². The number of nitrogens with zero attached hydrogens (tertiary/aromatic N) is 3. The number of pyridine rings is 1. The Morgan fingerprint density at radius 1 is 1.28 bits per heavy atom. The molecule has 0 saturated carbocycles. The Labute approximate surface area is 110 Å². The van der Waals surface area contributed by atoms with Crippen molar-refractivity contribution in [3.05, 3.63) is 47.2 Å². The van der Waals surface area contributed by atoms with E-state index in [-0.39, 0.29) is 0 Å². The predicted molar refractivity (Wildman–Crippen MR) is 73.7 cm³/mol. The van der Waals surface area contributed by atoms with Gasteiger partial charge < -0.3 is 0 Å². The van der Waals surface area contributed by atoms with Crippen molar-refractivity contribution in [2.75, 3.05) is 0 Å². The number of benzene rings is 1. The van der Waals surface area contributed by atoms with Gasteiger partial charge in [0.1, 0.15) is 0 Å². The van der Waals surface area contributed by atoms with Crippen molar-refractivity contribution in [1.82, 2.24) is 14.8 Å². The summed E-state index contributed by atoms with van der Waals surface area (Å²) in [4.78, 5) is 4.68. The van der Waals surface area contributed by atoms with Crippen LogP contribution < -0.4 is 0 Å². The number of aromatic nitrogens is 3. The quantitative estimate of drug-likeness (QED) is 0.667. The monoisotopic (exact) mass is 257 g/mol. The van der Waals surface area contributed by atoms with Gasteiger partial charge in [-0.15, -0.1) is 0 Å². The smallest absolute Gasteiger partial charge is 0.0770 e. The molecule has 0 atom stereocenters. The van der Waals surface area contributed by atoms with Crippen LogP contribution in [-0.2, 0) is 7.05 Å². The number of aryl methyl sites for hydroxylation is 2. The lowest BCUT2D eigenvalue weighted by molar-refractivity contribution is 0.768. The van der Waals surface area contributed by atoms with Crippen LogP contribution in [0.15, 0.2) is 36.7 Å². The zero-order valence-electron chi connectivity index (χ0n) is 10.2. The summed E-state index contributed by atoms with van der Waals surface area (Å²) >= 11 is 6.18. The van der Waals surface area contributed by atoms with Gasteiger partial charge >= 0.3 is 0 Å².